The van der Waals surface area contributed by atoms with Gasteiger partial charge in [-0.1, -0.05) is 60.2 Å². The largest absolute Gasteiger partial charge is 0.469 e. The average Bonchev–Trinajstić information content (AvgIpc) is 3.27. The van der Waals surface area contributed by atoms with Gasteiger partial charge in [-0.05, 0) is 47.9 Å². The first-order chi connectivity index (χ1) is 15.2. The lowest BCUT2D eigenvalue weighted by atomic mass is 9.96. The quantitative estimate of drug-likeness (QED) is 0.516. The third-order valence-electron chi connectivity index (χ3n) is 6.95. The summed E-state index contributed by atoms with van der Waals surface area (Å²) in [5.41, 5.74) is 6.17. The molecule has 2 heterocycles. The fraction of sp³-hybridized carbons (Fsp3) is 0.385. The number of piperidine rings is 1. The Hall–Kier alpha value is -3.08. The number of esters is 1. The molecule has 2 bridgehead atoms. The van der Waals surface area contributed by atoms with E-state index in [1.165, 1.54) is 34.9 Å². The third kappa shape index (κ3) is 3.62. The number of hydrogen-bond acceptors (Lipinski definition) is 4. The molecule has 0 N–H and O–H groups in total. The summed E-state index contributed by atoms with van der Waals surface area (Å²) in [5.74, 6) is -0.145. The van der Waals surface area contributed by atoms with Crippen LogP contribution in [0.5, 0.6) is 0 Å². The van der Waals surface area contributed by atoms with Crippen molar-refractivity contribution in [2.75, 3.05) is 13.7 Å². The molecular formula is C26H27NO4. The van der Waals surface area contributed by atoms with Crippen LogP contribution in [0.25, 0.3) is 11.1 Å². The molecule has 0 saturated carbocycles. The first-order valence-corrected chi connectivity index (χ1v) is 11.0. The van der Waals surface area contributed by atoms with Gasteiger partial charge in [0, 0.05) is 18.0 Å². The summed E-state index contributed by atoms with van der Waals surface area (Å²) in [6.07, 6.45) is 5.69. The average molecular weight is 418 g/mol. The zero-order valence-corrected chi connectivity index (χ0v) is 17.8. The van der Waals surface area contributed by atoms with Gasteiger partial charge >= 0.3 is 12.1 Å². The van der Waals surface area contributed by atoms with Gasteiger partial charge in [-0.25, -0.2) is 4.79 Å². The molecule has 2 atom stereocenters. The number of nitrogens with zero attached hydrogens (tertiary/aromatic N) is 1. The van der Waals surface area contributed by atoms with Crippen molar-refractivity contribution in [3.8, 4) is 11.1 Å². The van der Waals surface area contributed by atoms with Crippen molar-refractivity contribution in [3.05, 3.63) is 71.3 Å². The lowest BCUT2D eigenvalue weighted by Crippen LogP contribution is -2.45. The van der Waals surface area contributed by atoms with E-state index in [1.807, 2.05) is 23.1 Å². The minimum atomic E-state index is -0.223. The SMILES string of the molecule is COC(=O)CC=C1CC2CCC(C1)N2C(=O)OCC1c2ccccc2-c2ccccc21. The number of hydrogen-bond donors (Lipinski definition) is 0. The molecule has 3 aliphatic rings. The monoisotopic (exact) mass is 417 g/mol. The molecule has 5 nitrogen and oxygen atoms in total. The third-order valence-corrected chi connectivity index (χ3v) is 6.95. The summed E-state index contributed by atoms with van der Waals surface area (Å²) in [7, 11) is 1.41. The smallest absolute Gasteiger partial charge is 0.410 e. The Kier molecular flexibility index (Phi) is 5.26. The number of benzene rings is 2. The number of fused-ring (bicyclic) bond motifs is 5. The molecule has 5 heteroatoms. The van der Waals surface area contributed by atoms with E-state index in [-0.39, 0.29) is 30.1 Å². The van der Waals surface area contributed by atoms with Crippen LogP contribution in [0.15, 0.2) is 60.2 Å². The van der Waals surface area contributed by atoms with Crippen LogP contribution < -0.4 is 0 Å². The molecule has 160 valence electrons. The normalized spacial score (nSPS) is 21.5. The van der Waals surface area contributed by atoms with E-state index in [0.29, 0.717) is 13.0 Å². The van der Waals surface area contributed by atoms with Gasteiger partial charge < -0.3 is 14.4 Å². The summed E-state index contributed by atoms with van der Waals surface area (Å²) in [4.78, 5) is 26.5. The Labute approximate surface area is 182 Å². The van der Waals surface area contributed by atoms with Gasteiger partial charge in [0.2, 0.25) is 0 Å². The second-order valence-corrected chi connectivity index (χ2v) is 8.65. The highest BCUT2D eigenvalue weighted by Gasteiger charge is 2.42. The number of carbonyl (C=O) groups is 2. The van der Waals surface area contributed by atoms with Gasteiger partial charge in [0.15, 0.2) is 0 Å². The molecule has 5 rings (SSSR count). The van der Waals surface area contributed by atoms with E-state index in [0.717, 1.165) is 25.7 Å². The molecule has 1 aliphatic carbocycles. The highest BCUT2D eigenvalue weighted by Crippen LogP contribution is 2.45. The van der Waals surface area contributed by atoms with Crippen molar-refractivity contribution in [2.24, 2.45) is 0 Å². The van der Waals surface area contributed by atoms with Gasteiger partial charge in [-0.2, -0.15) is 0 Å². The van der Waals surface area contributed by atoms with E-state index in [9.17, 15) is 9.59 Å². The number of carbonyl (C=O) groups excluding carboxylic acids is 2. The standard InChI is InChI=1S/C26H27NO4/c1-30-25(28)13-10-17-14-18-11-12-19(15-17)27(18)26(29)31-16-24-22-8-4-2-6-20(22)21-7-3-5-9-23(21)24/h2-10,18-19,24H,11-16H2,1H3. The van der Waals surface area contributed by atoms with E-state index < -0.39 is 0 Å². The highest BCUT2D eigenvalue weighted by molar-refractivity contribution is 5.79. The van der Waals surface area contributed by atoms with Crippen molar-refractivity contribution < 1.29 is 19.1 Å². The first-order valence-electron chi connectivity index (χ1n) is 11.0. The molecule has 2 saturated heterocycles. The van der Waals surface area contributed by atoms with Crippen LogP contribution in [-0.4, -0.2) is 42.8 Å². The van der Waals surface area contributed by atoms with Gasteiger partial charge in [-0.15, -0.1) is 0 Å². The molecule has 31 heavy (non-hydrogen) atoms. The highest BCUT2D eigenvalue weighted by atomic mass is 16.6. The zero-order valence-electron chi connectivity index (χ0n) is 17.8. The molecule has 2 unspecified atom stereocenters. The maximum absolute atomic E-state index is 13.1. The Bertz CT molecular complexity index is 982. The second kappa shape index (κ2) is 8.22. The fourth-order valence-electron chi connectivity index (χ4n) is 5.49. The summed E-state index contributed by atoms with van der Waals surface area (Å²) >= 11 is 0. The van der Waals surface area contributed by atoms with Gasteiger partial charge in [-0.3, -0.25) is 4.79 Å². The maximum Gasteiger partial charge on any atom is 0.410 e. The predicted octanol–water partition coefficient (Wildman–Crippen LogP) is 5.05. The molecule has 2 aliphatic heterocycles. The van der Waals surface area contributed by atoms with Crippen LogP contribution in [-0.2, 0) is 14.3 Å². The molecule has 0 aromatic heterocycles. The van der Waals surface area contributed by atoms with Crippen molar-refractivity contribution in [3.63, 3.8) is 0 Å². The molecule has 1 amide bonds. The number of methoxy groups -OCH3 is 1. The van der Waals surface area contributed by atoms with Crippen LogP contribution >= 0.6 is 0 Å². The van der Waals surface area contributed by atoms with Crippen molar-refractivity contribution in [2.45, 2.75) is 50.1 Å². The van der Waals surface area contributed by atoms with E-state index in [2.05, 4.69) is 36.4 Å². The van der Waals surface area contributed by atoms with Crippen LogP contribution in [0.1, 0.15) is 49.1 Å². The summed E-state index contributed by atoms with van der Waals surface area (Å²) in [5, 5.41) is 0. The van der Waals surface area contributed by atoms with Crippen LogP contribution in [0.2, 0.25) is 0 Å². The summed E-state index contributed by atoms with van der Waals surface area (Å²) in [6, 6.07) is 17.1. The lowest BCUT2D eigenvalue weighted by Gasteiger charge is -2.35. The summed E-state index contributed by atoms with van der Waals surface area (Å²) in [6.45, 7) is 0.355. The molecule has 2 aromatic rings. The second-order valence-electron chi connectivity index (χ2n) is 8.65. The van der Waals surface area contributed by atoms with Gasteiger partial charge in [0.05, 0.1) is 13.5 Å². The van der Waals surface area contributed by atoms with Crippen molar-refractivity contribution >= 4 is 12.1 Å². The minimum absolute atomic E-state index is 0.0781. The molecule has 0 radical (unpaired) electrons. The summed E-state index contributed by atoms with van der Waals surface area (Å²) < 4.78 is 10.6. The van der Waals surface area contributed by atoms with Gasteiger partial charge in [0.1, 0.15) is 6.61 Å². The first kappa shape index (κ1) is 19.9. The zero-order chi connectivity index (χ0) is 21.4. The number of ether oxygens (including phenoxy) is 2. The molecule has 0 spiro atoms. The number of rotatable bonds is 4. The minimum Gasteiger partial charge on any atom is -0.469 e. The van der Waals surface area contributed by atoms with Crippen LogP contribution in [0, 0.1) is 0 Å². The molecule has 2 aromatic carbocycles. The van der Waals surface area contributed by atoms with Crippen LogP contribution in [0.4, 0.5) is 4.79 Å². The van der Waals surface area contributed by atoms with Crippen molar-refractivity contribution in [1.29, 1.82) is 0 Å². The van der Waals surface area contributed by atoms with E-state index in [1.54, 1.807) is 0 Å². The maximum atomic E-state index is 13.1. The Balaban J connectivity index is 1.27. The van der Waals surface area contributed by atoms with E-state index in [4.69, 9.17) is 9.47 Å². The Morgan fingerprint density at radius 3 is 2.13 bits per heavy atom. The van der Waals surface area contributed by atoms with Crippen LogP contribution in [0.3, 0.4) is 0 Å². The van der Waals surface area contributed by atoms with Crippen molar-refractivity contribution in [1.82, 2.24) is 4.90 Å². The topological polar surface area (TPSA) is 55.8 Å². The Morgan fingerprint density at radius 2 is 1.55 bits per heavy atom. The van der Waals surface area contributed by atoms with E-state index >= 15 is 0 Å². The fourth-order valence-corrected chi connectivity index (χ4v) is 5.49. The molecular weight excluding hydrogens is 390 g/mol. The van der Waals surface area contributed by atoms with Gasteiger partial charge in [0.25, 0.3) is 0 Å². The predicted molar refractivity (Wildman–Crippen MR) is 118 cm³/mol. The molecule has 2 fully saturated rings. The number of amides is 1. The lowest BCUT2D eigenvalue weighted by molar-refractivity contribution is -0.139. The Morgan fingerprint density at radius 1 is 0.968 bits per heavy atom.